The van der Waals surface area contributed by atoms with Gasteiger partial charge in [0, 0.05) is 67.0 Å². The molecule has 3 aromatic heterocycles. The summed E-state index contributed by atoms with van der Waals surface area (Å²) in [5.41, 5.74) is 4.31. The van der Waals surface area contributed by atoms with Gasteiger partial charge in [-0.15, -0.1) is 0 Å². The Hall–Kier alpha value is -3.45. The lowest BCUT2D eigenvalue weighted by Gasteiger charge is -2.42. The molecular weight excluding hydrogens is 434 g/mol. The fraction of sp³-hybridized carbons (Fsp3) is 0.393. The van der Waals surface area contributed by atoms with E-state index in [1.807, 2.05) is 30.7 Å². The van der Waals surface area contributed by atoms with Gasteiger partial charge in [-0.25, -0.2) is 15.0 Å². The van der Waals surface area contributed by atoms with E-state index in [1.54, 1.807) is 0 Å². The molecule has 1 N–H and O–H groups in total. The van der Waals surface area contributed by atoms with Crippen LogP contribution in [-0.4, -0.2) is 55.0 Å². The summed E-state index contributed by atoms with van der Waals surface area (Å²) in [6, 6.07) is 17.8. The smallest absolute Gasteiger partial charge is 0.212 e. The fourth-order valence-corrected chi connectivity index (χ4v) is 5.71. The number of hydrogen-bond donors (Lipinski definition) is 1. The molecule has 0 saturated carbocycles. The Morgan fingerprint density at radius 1 is 0.971 bits per heavy atom. The predicted octanol–water partition coefficient (Wildman–Crippen LogP) is 5.03. The molecular formula is C28H33N7. The number of piperazine rings is 1. The highest BCUT2D eigenvalue weighted by molar-refractivity contribution is 5.68. The molecule has 2 fully saturated rings. The zero-order valence-corrected chi connectivity index (χ0v) is 20.9. The maximum Gasteiger partial charge on any atom is 0.212 e. The number of pyridine rings is 1. The van der Waals surface area contributed by atoms with Gasteiger partial charge in [0.2, 0.25) is 5.95 Å². The summed E-state index contributed by atoms with van der Waals surface area (Å²) < 4.78 is 2.13. The second kappa shape index (κ2) is 8.34. The Labute approximate surface area is 206 Å². The van der Waals surface area contributed by atoms with Crippen LogP contribution in [0.3, 0.4) is 0 Å². The van der Waals surface area contributed by atoms with Crippen LogP contribution in [-0.2, 0) is 0 Å². The lowest BCUT2D eigenvalue weighted by Crippen LogP contribution is -2.54. The van der Waals surface area contributed by atoms with Crippen molar-refractivity contribution in [3.8, 4) is 11.3 Å². The first-order valence-electron chi connectivity index (χ1n) is 12.5. The van der Waals surface area contributed by atoms with Crippen LogP contribution < -0.4 is 10.2 Å². The average Bonchev–Trinajstić information content (AvgIpc) is 3.59. The molecule has 5 heterocycles. The summed E-state index contributed by atoms with van der Waals surface area (Å²) in [5, 5.41) is 3.54. The third kappa shape index (κ3) is 4.04. The van der Waals surface area contributed by atoms with Crippen molar-refractivity contribution in [2.45, 2.75) is 57.8 Å². The molecule has 2 saturated heterocycles. The van der Waals surface area contributed by atoms with Crippen LogP contribution in [0.5, 0.6) is 0 Å². The van der Waals surface area contributed by atoms with Crippen molar-refractivity contribution >= 4 is 17.4 Å². The molecule has 180 valence electrons. The second-order valence-corrected chi connectivity index (χ2v) is 10.8. The lowest BCUT2D eigenvalue weighted by atomic mass is 10.0. The molecule has 1 unspecified atom stereocenters. The van der Waals surface area contributed by atoms with E-state index in [0.29, 0.717) is 12.1 Å². The third-order valence-electron chi connectivity index (χ3n) is 7.45. The highest BCUT2D eigenvalue weighted by Gasteiger charge is 2.47. The largest absolute Gasteiger partial charge is 0.364 e. The molecule has 4 aromatic rings. The molecule has 0 amide bonds. The van der Waals surface area contributed by atoms with Crippen LogP contribution in [0.2, 0.25) is 0 Å². The summed E-state index contributed by atoms with van der Waals surface area (Å²) in [7, 11) is 0. The highest BCUT2D eigenvalue weighted by Crippen LogP contribution is 2.38. The van der Waals surface area contributed by atoms with Crippen molar-refractivity contribution in [2.24, 2.45) is 0 Å². The minimum atomic E-state index is 0.156. The molecule has 0 spiro atoms. The van der Waals surface area contributed by atoms with Gasteiger partial charge in [-0.1, -0.05) is 30.3 Å². The second-order valence-electron chi connectivity index (χ2n) is 10.8. The number of rotatable bonds is 5. The number of aromatic nitrogens is 4. The standard InChI is InChI=1S/C28H33N7/c1-19(20-8-6-5-7-9-20)31-25-14-21(10-11-29-25)24-16-26-30-12-13-33(26)27(32-24)34-17-23-15-22(34)18-35(23)28(2,3)4/h5-14,16,19,22-23H,15,17-18H2,1-4H3,(H,29,31)/t19?,22-,23-/m0/s1. The van der Waals surface area contributed by atoms with E-state index in [4.69, 9.17) is 4.98 Å². The minimum Gasteiger partial charge on any atom is -0.364 e. The molecule has 7 nitrogen and oxygen atoms in total. The van der Waals surface area contributed by atoms with Gasteiger partial charge in [0.25, 0.3) is 0 Å². The number of fused-ring (bicyclic) bond motifs is 3. The van der Waals surface area contributed by atoms with Crippen LogP contribution in [0.1, 0.15) is 45.7 Å². The molecule has 7 heteroatoms. The van der Waals surface area contributed by atoms with Crippen LogP contribution in [0, 0.1) is 0 Å². The van der Waals surface area contributed by atoms with Crippen LogP contribution in [0.25, 0.3) is 16.9 Å². The van der Waals surface area contributed by atoms with E-state index in [1.165, 1.54) is 12.0 Å². The molecule has 35 heavy (non-hydrogen) atoms. The zero-order chi connectivity index (χ0) is 24.2. The summed E-state index contributed by atoms with van der Waals surface area (Å²) in [6.45, 7) is 11.2. The molecule has 1 aromatic carbocycles. The normalized spacial score (nSPS) is 21.1. The van der Waals surface area contributed by atoms with Crippen LogP contribution in [0.15, 0.2) is 67.1 Å². The number of imidazole rings is 1. The summed E-state index contributed by atoms with van der Waals surface area (Å²) in [5.74, 6) is 1.83. The number of benzene rings is 1. The van der Waals surface area contributed by atoms with Crippen LogP contribution >= 0.6 is 0 Å². The maximum absolute atomic E-state index is 5.18. The molecule has 3 atom stereocenters. The maximum atomic E-state index is 5.18. The Balaban J connectivity index is 1.31. The first kappa shape index (κ1) is 22.0. The first-order chi connectivity index (χ1) is 16.9. The molecule has 6 rings (SSSR count). The highest BCUT2D eigenvalue weighted by atomic mass is 15.4. The van der Waals surface area contributed by atoms with Crippen molar-refractivity contribution in [1.82, 2.24) is 24.3 Å². The van der Waals surface area contributed by atoms with Gasteiger partial charge in [0.1, 0.15) is 11.5 Å². The SMILES string of the molecule is CC(Nc1cc(-c2cc3nccn3c(N3C[C@@H]4C[C@H]3CN4C(C)(C)C)n2)ccn1)c1ccccc1. The van der Waals surface area contributed by atoms with Crippen molar-refractivity contribution < 1.29 is 0 Å². The predicted molar refractivity (Wildman–Crippen MR) is 141 cm³/mol. The molecule has 2 aliphatic heterocycles. The van der Waals surface area contributed by atoms with Crippen LogP contribution in [0.4, 0.5) is 11.8 Å². The third-order valence-corrected chi connectivity index (χ3v) is 7.45. The summed E-state index contributed by atoms with van der Waals surface area (Å²) in [6.07, 6.45) is 6.93. The van der Waals surface area contributed by atoms with Gasteiger partial charge in [-0.05, 0) is 51.8 Å². The molecule has 0 radical (unpaired) electrons. The fourth-order valence-electron chi connectivity index (χ4n) is 5.71. The Bertz CT molecular complexity index is 1340. The lowest BCUT2D eigenvalue weighted by molar-refractivity contribution is 0.112. The van der Waals surface area contributed by atoms with Crippen molar-refractivity contribution in [1.29, 1.82) is 0 Å². The first-order valence-corrected chi connectivity index (χ1v) is 12.5. The Kier molecular flexibility index (Phi) is 5.25. The topological polar surface area (TPSA) is 61.6 Å². The van der Waals surface area contributed by atoms with Crippen molar-refractivity contribution in [2.75, 3.05) is 23.3 Å². The number of anilines is 2. The Morgan fingerprint density at radius 2 is 1.80 bits per heavy atom. The summed E-state index contributed by atoms with van der Waals surface area (Å²) in [4.78, 5) is 19.5. The van der Waals surface area contributed by atoms with Gasteiger partial charge in [0.15, 0.2) is 0 Å². The van der Waals surface area contributed by atoms with Gasteiger partial charge < -0.3 is 10.2 Å². The molecule has 0 aliphatic carbocycles. The number of nitrogens with zero attached hydrogens (tertiary/aromatic N) is 6. The molecule has 2 bridgehead atoms. The Morgan fingerprint density at radius 3 is 2.54 bits per heavy atom. The van der Waals surface area contributed by atoms with E-state index in [0.717, 1.165) is 41.8 Å². The van der Waals surface area contributed by atoms with E-state index < -0.39 is 0 Å². The van der Waals surface area contributed by atoms with Gasteiger partial charge in [-0.3, -0.25) is 9.30 Å². The van der Waals surface area contributed by atoms with Gasteiger partial charge >= 0.3 is 0 Å². The zero-order valence-electron chi connectivity index (χ0n) is 20.9. The summed E-state index contributed by atoms with van der Waals surface area (Å²) >= 11 is 0. The molecule has 2 aliphatic rings. The number of likely N-dealkylation sites (tertiary alicyclic amines) is 1. The average molecular weight is 468 g/mol. The minimum absolute atomic E-state index is 0.156. The monoisotopic (exact) mass is 467 g/mol. The van der Waals surface area contributed by atoms with Gasteiger partial charge in [-0.2, -0.15) is 0 Å². The van der Waals surface area contributed by atoms with Gasteiger partial charge in [0.05, 0.1) is 5.69 Å². The van der Waals surface area contributed by atoms with E-state index >= 15 is 0 Å². The number of hydrogen-bond acceptors (Lipinski definition) is 6. The quantitative estimate of drug-likeness (QED) is 0.444. The number of nitrogens with one attached hydrogen (secondary N) is 1. The van der Waals surface area contributed by atoms with E-state index in [2.05, 4.69) is 93.6 Å². The van der Waals surface area contributed by atoms with Crippen molar-refractivity contribution in [3.63, 3.8) is 0 Å². The van der Waals surface area contributed by atoms with E-state index in [9.17, 15) is 0 Å². The van der Waals surface area contributed by atoms with Crippen molar-refractivity contribution in [3.05, 3.63) is 72.7 Å². The van der Waals surface area contributed by atoms with E-state index in [-0.39, 0.29) is 11.6 Å².